The summed E-state index contributed by atoms with van der Waals surface area (Å²) in [6.07, 6.45) is 0. The molecule has 2 N–H and O–H groups in total. The summed E-state index contributed by atoms with van der Waals surface area (Å²) < 4.78 is 5.89. The van der Waals surface area contributed by atoms with Crippen molar-refractivity contribution in [1.82, 2.24) is 15.6 Å². The lowest BCUT2D eigenvalue weighted by atomic mass is 10.1. The Kier molecular flexibility index (Phi) is 9.20. The number of hydrogen-bond acceptors (Lipinski definition) is 4. The third kappa shape index (κ3) is 6.47. The number of para-hydroxylation sites is 1. The predicted octanol–water partition coefficient (Wildman–Crippen LogP) is 3.74. The molecular weight excluding hydrogens is 447 g/mol. The van der Waals surface area contributed by atoms with Gasteiger partial charge in [0.25, 0.3) is 0 Å². The van der Waals surface area contributed by atoms with E-state index in [2.05, 4.69) is 46.6 Å². The van der Waals surface area contributed by atoms with Crippen LogP contribution in [0, 0.1) is 27.7 Å². The van der Waals surface area contributed by atoms with Crippen LogP contribution in [0.2, 0.25) is 0 Å². The first-order valence-corrected chi connectivity index (χ1v) is 8.89. The van der Waals surface area contributed by atoms with Crippen LogP contribution in [-0.4, -0.2) is 31.1 Å². The number of nitrogens with zero attached hydrogens (tertiary/aromatic N) is 2. The van der Waals surface area contributed by atoms with Crippen molar-refractivity contribution in [3.05, 3.63) is 44.9 Å². The van der Waals surface area contributed by atoms with E-state index in [4.69, 9.17) is 4.74 Å². The second kappa shape index (κ2) is 10.6. The summed E-state index contributed by atoms with van der Waals surface area (Å²) in [7, 11) is 1.77. The number of guanidine groups is 1. The maximum atomic E-state index is 5.89. The van der Waals surface area contributed by atoms with Gasteiger partial charge in [-0.15, -0.1) is 35.3 Å². The van der Waals surface area contributed by atoms with Gasteiger partial charge in [-0.1, -0.05) is 18.2 Å². The number of aliphatic imine (C=N–C) groups is 1. The summed E-state index contributed by atoms with van der Waals surface area (Å²) in [5.74, 6) is 1.74. The number of thiazole rings is 1. The molecule has 0 radical (unpaired) electrons. The summed E-state index contributed by atoms with van der Waals surface area (Å²) in [5, 5.41) is 7.68. The van der Waals surface area contributed by atoms with E-state index in [-0.39, 0.29) is 24.0 Å². The van der Waals surface area contributed by atoms with Gasteiger partial charge in [0.2, 0.25) is 0 Å². The lowest BCUT2D eigenvalue weighted by molar-refractivity contribution is 0.317. The monoisotopic (exact) mass is 474 g/mol. The number of hydrogen-bond donors (Lipinski definition) is 2. The Balaban J connectivity index is 0.00000312. The molecule has 25 heavy (non-hydrogen) atoms. The van der Waals surface area contributed by atoms with E-state index in [9.17, 15) is 0 Å². The molecule has 2 aromatic rings. The van der Waals surface area contributed by atoms with Crippen LogP contribution >= 0.6 is 35.3 Å². The average molecular weight is 474 g/mol. The molecule has 0 spiro atoms. The molecule has 0 unspecified atom stereocenters. The minimum absolute atomic E-state index is 0. The van der Waals surface area contributed by atoms with Crippen molar-refractivity contribution < 1.29 is 4.74 Å². The van der Waals surface area contributed by atoms with Crippen LogP contribution in [0.3, 0.4) is 0 Å². The molecule has 0 saturated heterocycles. The summed E-state index contributed by atoms with van der Waals surface area (Å²) in [6.45, 7) is 10.2. The van der Waals surface area contributed by atoms with Gasteiger partial charge >= 0.3 is 0 Å². The highest BCUT2D eigenvalue weighted by Crippen LogP contribution is 2.21. The van der Waals surface area contributed by atoms with Gasteiger partial charge < -0.3 is 15.4 Å². The van der Waals surface area contributed by atoms with Crippen molar-refractivity contribution in [1.29, 1.82) is 0 Å². The number of aromatic nitrogens is 1. The highest BCUT2D eigenvalue weighted by atomic mass is 127. The quantitative estimate of drug-likeness (QED) is 0.290. The van der Waals surface area contributed by atoms with Crippen LogP contribution < -0.4 is 15.4 Å². The average Bonchev–Trinajstić information content (AvgIpc) is 2.86. The van der Waals surface area contributed by atoms with Gasteiger partial charge in [0, 0.05) is 11.9 Å². The Morgan fingerprint density at radius 3 is 2.40 bits per heavy atom. The number of halogens is 1. The smallest absolute Gasteiger partial charge is 0.191 e. The van der Waals surface area contributed by atoms with Gasteiger partial charge in [0.1, 0.15) is 12.4 Å². The summed E-state index contributed by atoms with van der Waals surface area (Å²) >= 11 is 1.71. The van der Waals surface area contributed by atoms with Crippen LogP contribution in [-0.2, 0) is 6.54 Å². The van der Waals surface area contributed by atoms with Crippen molar-refractivity contribution in [3.8, 4) is 5.75 Å². The Bertz CT molecular complexity index is 695. The van der Waals surface area contributed by atoms with Crippen LogP contribution in [0.25, 0.3) is 0 Å². The third-order valence-corrected chi connectivity index (χ3v) is 4.76. The van der Waals surface area contributed by atoms with Crippen molar-refractivity contribution >= 4 is 41.3 Å². The number of rotatable bonds is 6. The Morgan fingerprint density at radius 2 is 1.84 bits per heavy atom. The van der Waals surface area contributed by atoms with Gasteiger partial charge in [-0.3, -0.25) is 4.99 Å². The molecule has 0 atom stereocenters. The summed E-state index contributed by atoms with van der Waals surface area (Å²) in [5.41, 5.74) is 3.40. The third-order valence-electron chi connectivity index (χ3n) is 3.69. The van der Waals surface area contributed by atoms with E-state index >= 15 is 0 Å². The molecule has 0 aliphatic heterocycles. The minimum atomic E-state index is 0. The summed E-state index contributed by atoms with van der Waals surface area (Å²) in [4.78, 5) is 9.92. The maximum Gasteiger partial charge on any atom is 0.191 e. The first-order valence-electron chi connectivity index (χ1n) is 8.07. The summed E-state index contributed by atoms with van der Waals surface area (Å²) in [6, 6.07) is 6.18. The van der Waals surface area contributed by atoms with E-state index in [0.717, 1.165) is 40.1 Å². The molecule has 0 bridgehead atoms. The SMILES string of the molecule is CN=C(NCCOc1c(C)cccc1C)NCc1sc(C)nc1C.I. The van der Waals surface area contributed by atoms with Gasteiger partial charge in [0.15, 0.2) is 5.96 Å². The second-order valence-electron chi connectivity index (χ2n) is 5.66. The van der Waals surface area contributed by atoms with E-state index in [1.807, 2.05) is 19.9 Å². The van der Waals surface area contributed by atoms with Gasteiger partial charge in [0.05, 0.1) is 23.8 Å². The molecule has 1 heterocycles. The van der Waals surface area contributed by atoms with Gasteiger partial charge in [-0.05, 0) is 38.8 Å². The Labute approximate surface area is 171 Å². The fourth-order valence-corrected chi connectivity index (χ4v) is 3.35. The molecule has 138 valence electrons. The fourth-order valence-electron chi connectivity index (χ4n) is 2.47. The zero-order valence-electron chi connectivity index (χ0n) is 15.5. The lowest BCUT2D eigenvalue weighted by Gasteiger charge is -2.14. The fraction of sp³-hybridized carbons (Fsp3) is 0.444. The van der Waals surface area contributed by atoms with Crippen LogP contribution in [0.1, 0.15) is 26.7 Å². The molecule has 0 aliphatic rings. The highest BCUT2D eigenvalue weighted by molar-refractivity contribution is 14.0. The molecule has 0 aliphatic carbocycles. The van der Waals surface area contributed by atoms with Crippen LogP contribution in [0.5, 0.6) is 5.75 Å². The molecule has 5 nitrogen and oxygen atoms in total. The van der Waals surface area contributed by atoms with E-state index in [1.165, 1.54) is 4.88 Å². The van der Waals surface area contributed by atoms with Crippen molar-refractivity contribution in [3.63, 3.8) is 0 Å². The maximum absolute atomic E-state index is 5.89. The number of nitrogens with one attached hydrogen (secondary N) is 2. The number of aryl methyl sites for hydroxylation is 4. The molecule has 0 fully saturated rings. The van der Waals surface area contributed by atoms with E-state index in [1.54, 1.807) is 18.4 Å². The predicted molar refractivity (Wildman–Crippen MR) is 117 cm³/mol. The number of ether oxygens (including phenoxy) is 1. The van der Waals surface area contributed by atoms with E-state index in [0.29, 0.717) is 13.2 Å². The van der Waals surface area contributed by atoms with Crippen LogP contribution in [0.4, 0.5) is 0 Å². The van der Waals surface area contributed by atoms with Crippen LogP contribution in [0.15, 0.2) is 23.2 Å². The Hall–Kier alpha value is -1.35. The zero-order valence-corrected chi connectivity index (χ0v) is 18.6. The highest BCUT2D eigenvalue weighted by Gasteiger charge is 2.06. The van der Waals surface area contributed by atoms with E-state index < -0.39 is 0 Å². The van der Waals surface area contributed by atoms with Crippen molar-refractivity contribution in [2.24, 2.45) is 4.99 Å². The topological polar surface area (TPSA) is 58.5 Å². The minimum Gasteiger partial charge on any atom is -0.491 e. The lowest BCUT2D eigenvalue weighted by Crippen LogP contribution is -2.38. The van der Waals surface area contributed by atoms with Gasteiger partial charge in [-0.2, -0.15) is 0 Å². The zero-order chi connectivity index (χ0) is 17.5. The molecule has 2 rings (SSSR count). The molecule has 0 saturated carbocycles. The second-order valence-corrected chi connectivity index (χ2v) is 6.95. The first kappa shape index (κ1) is 21.7. The van der Waals surface area contributed by atoms with Crippen molar-refractivity contribution in [2.45, 2.75) is 34.2 Å². The van der Waals surface area contributed by atoms with Gasteiger partial charge in [-0.25, -0.2) is 4.98 Å². The molecular formula is C18H27IN4OS. The molecule has 1 aromatic heterocycles. The molecule has 1 aromatic carbocycles. The van der Waals surface area contributed by atoms with Crippen molar-refractivity contribution in [2.75, 3.05) is 20.2 Å². The normalized spacial score (nSPS) is 11.0. The standard InChI is InChI=1S/C18H26N4OS.HI/c1-12-7-6-8-13(2)17(12)23-10-9-20-18(19-5)21-11-16-14(3)22-15(4)24-16;/h6-8H,9-11H2,1-5H3,(H2,19,20,21);1H. The molecule has 7 heteroatoms. The number of benzene rings is 1. The Morgan fingerprint density at radius 1 is 1.16 bits per heavy atom. The molecule has 0 amide bonds. The first-order chi connectivity index (χ1) is 11.5. The largest absolute Gasteiger partial charge is 0.491 e.